The van der Waals surface area contributed by atoms with Gasteiger partial charge in [0.25, 0.3) is 0 Å². The number of hydrogen-bond acceptors (Lipinski definition) is 5. The Bertz CT molecular complexity index is 1340. The molecule has 2 atom stereocenters. The number of benzene rings is 3. The van der Waals surface area contributed by atoms with Crippen LogP contribution >= 0.6 is 0 Å². The highest BCUT2D eigenvalue weighted by atomic mass is 16.4. The Morgan fingerprint density at radius 3 is 1.68 bits per heavy atom. The third kappa shape index (κ3) is 9.09. The van der Waals surface area contributed by atoms with Gasteiger partial charge in [-0.2, -0.15) is 0 Å². The number of carbonyl (C=O) groups excluding carboxylic acids is 3. The summed E-state index contributed by atoms with van der Waals surface area (Å²) in [6.45, 7) is 0. The number of carboxylic acids is 2. The molecular formula is C30H31N3O7. The molecule has 1 unspecified atom stereocenters. The minimum Gasteiger partial charge on any atom is -0.481 e. The van der Waals surface area contributed by atoms with E-state index in [1.165, 1.54) is 0 Å². The number of primary amides is 1. The topological polar surface area (TPSA) is 176 Å². The Morgan fingerprint density at radius 1 is 0.650 bits per heavy atom. The summed E-state index contributed by atoms with van der Waals surface area (Å²) in [4.78, 5) is 58.7. The normalized spacial score (nSPS) is 12.1. The Kier molecular flexibility index (Phi) is 10.5. The van der Waals surface area contributed by atoms with Crippen LogP contribution in [0.1, 0.15) is 31.2 Å². The largest absolute Gasteiger partial charge is 0.481 e. The number of nitrogens with one attached hydrogen (secondary N) is 2. The Morgan fingerprint density at radius 2 is 1.18 bits per heavy atom. The first-order valence-electron chi connectivity index (χ1n) is 12.7. The summed E-state index contributed by atoms with van der Waals surface area (Å²) in [6.07, 6.45) is -1.07. The first-order chi connectivity index (χ1) is 19.1. The van der Waals surface area contributed by atoms with E-state index in [9.17, 15) is 24.0 Å². The first kappa shape index (κ1) is 29.6. The van der Waals surface area contributed by atoms with Crippen molar-refractivity contribution in [2.24, 2.45) is 5.73 Å². The molecule has 0 aliphatic carbocycles. The molecule has 10 nitrogen and oxygen atoms in total. The average molecular weight is 546 g/mol. The van der Waals surface area contributed by atoms with Gasteiger partial charge in [-0.3, -0.25) is 24.0 Å². The van der Waals surface area contributed by atoms with E-state index < -0.39 is 54.6 Å². The molecule has 0 fully saturated rings. The van der Waals surface area contributed by atoms with Crippen LogP contribution in [0.4, 0.5) is 0 Å². The monoisotopic (exact) mass is 545 g/mol. The molecule has 208 valence electrons. The molecule has 0 saturated heterocycles. The van der Waals surface area contributed by atoms with Gasteiger partial charge in [-0.15, -0.1) is 0 Å². The van der Waals surface area contributed by atoms with Crippen molar-refractivity contribution in [2.45, 2.75) is 44.2 Å². The smallest absolute Gasteiger partial charge is 0.305 e. The SMILES string of the molecule is NC(=O)C(CCC(=O)O)NC(=O)[C@H](CC(=O)O)NC(=O)CCc1ccc(-c2ccc(-c3ccccc3)cc2)cc1. The van der Waals surface area contributed by atoms with Gasteiger partial charge in [0.1, 0.15) is 12.1 Å². The quantitative estimate of drug-likeness (QED) is 0.207. The molecule has 0 heterocycles. The molecule has 10 heteroatoms. The van der Waals surface area contributed by atoms with E-state index in [0.29, 0.717) is 6.42 Å². The zero-order valence-electron chi connectivity index (χ0n) is 21.7. The average Bonchev–Trinajstić information content (AvgIpc) is 2.94. The molecule has 0 saturated carbocycles. The van der Waals surface area contributed by atoms with E-state index in [-0.39, 0.29) is 12.8 Å². The number of carbonyl (C=O) groups is 5. The van der Waals surface area contributed by atoms with Crippen molar-refractivity contribution < 1.29 is 34.2 Å². The van der Waals surface area contributed by atoms with Crippen LogP contribution in [-0.4, -0.2) is 52.0 Å². The third-order valence-electron chi connectivity index (χ3n) is 6.26. The van der Waals surface area contributed by atoms with E-state index in [4.69, 9.17) is 15.9 Å². The summed E-state index contributed by atoms with van der Waals surface area (Å²) in [5.74, 6) is -4.99. The lowest BCUT2D eigenvalue weighted by Crippen LogP contribution is -2.53. The highest BCUT2D eigenvalue weighted by Crippen LogP contribution is 2.25. The van der Waals surface area contributed by atoms with Gasteiger partial charge in [-0.05, 0) is 40.7 Å². The molecule has 0 bridgehead atoms. The van der Waals surface area contributed by atoms with Gasteiger partial charge in [-0.1, -0.05) is 78.9 Å². The molecule has 3 aromatic rings. The van der Waals surface area contributed by atoms with Crippen LogP contribution in [0.2, 0.25) is 0 Å². The lowest BCUT2D eigenvalue weighted by Gasteiger charge is -2.20. The van der Waals surface area contributed by atoms with Crippen molar-refractivity contribution in [3.05, 3.63) is 84.4 Å². The number of nitrogens with two attached hydrogens (primary N) is 1. The highest BCUT2D eigenvalue weighted by molar-refractivity contribution is 5.93. The maximum absolute atomic E-state index is 12.6. The maximum Gasteiger partial charge on any atom is 0.305 e. The van der Waals surface area contributed by atoms with Gasteiger partial charge in [0.2, 0.25) is 17.7 Å². The van der Waals surface area contributed by atoms with Crippen LogP contribution in [0, 0.1) is 0 Å². The van der Waals surface area contributed by atoms with Crippen molar-refractivity contribution in [1.29, 1.82) is 0 Å². The van der Waals surface area contributed by atoms with Crippen molar-refractivity contribution >= 4 is 29.7 Å². The van der Waals surface area contributed by atoms with Gasteiger partial charge in [0.15, 0.2) is 0 Å². The van der Waals surface area contributed by atoms with E-state index >= 15 is 0 Å². The lowest BCUT2D eigenvalue weighted by atomic mass is 9.99. The predicted molar refractivity (Wildman–Crippen MR) is 148 cm³/mol. The summed E-state index contributed by atoms with van der Waals surface area (Å²) in [5.41, 5.74) is 10.4. The van der Waals surface area contributed by atoms with Crippen LogP contribution in [0.25, 0.3) is 22.3 Å². The Hall–Kier alpha value is -4.99. The summed E-state index contributed by atoms with van der Waals surface area (Å²) in [6, 6.07) is 23.2. The van der Waals surface area contributed by atoms with Crippen molar-refractivity contribution in [3.8, 4) is 22.3 Å². The second-order valence-electron chi connectivity index (χ2n) is 9.25. The highest BCUT2D eigenvalue weighted by Gasteiger charge is 2.27. The molecule has 0 aliphatic heterocycles. The van der Waals surface area contributed by atoms with E-state index in [2.05, 4.69) is 34.9 Å². The zero-order valence-corrected chi connectivity index (χ0v) is 21.7. The molecule has 40 heavy (non-hydrogen) atoms. The van der Waals surface area contributed by atoms with Crippen molar-refractivity contribution in [3.63, 3.8) is 0 Å². The summed E-state index contributed by atoms with van der Waals surface area (Å²) >= 11 is 0. The number of aryl methyl sites for hydroxylation is 1. The zero-order chi connectivity index (χ0) is 29.1. The maximum atomic E-state index is 12.6. The summed E-state index contributed by atoms with van der Waals surface area (Å²) in [5, 5.41) is 22.6. The molecule has 3 aromatic carbocycles. The van der Waals surface area contributed by atoms with Crippen LogP contribution < -0.4 is 16.4 Å². The summed E-state index contributed by atoms with van der Waals surface area (Å²) in [7, 11) is 0. The second-order valence-corrected chi connectivity index (χ2v) is 9.25. The number of aliphatic carboxylic acids is 2. The first-order valence-corrected chi connectivity index (χ1v) is 12.7. The van der Waals surface area contributed by atoms with E-state index in [0.717, 1.165) is 27.8 Å². The molecule has 0 spiro atoms. The van der Waals surface area contributed by atoms with Crippen LogP contribution in [0.15, 0.2) is 78.9 Å². The number of hydrogen-bond donors (Lipinski definition) is 5. The lowest BCUT2D eigenvalue weighted by molar-refractivity contribution is -0.141. The van der Waals surface area contributed by atoms with Crippen LogP contribution in [0.5, 0.6) is 0 Å². The third-order valence-corrected chi connectivity index (χ3v) is 6.26. The van der Waals surface area contributed by atoms with Crippen molar-refractivity contribution in [2.75, 3.05) is 0 Å². The number of amides is 3. The number of carboxylic acid groups (broad SMARTS) is 2. The van der Waals surface area contributed by atoms with Crippen LogP contribution in [-0.2, 0) is 30.4 Å². The van der Waals surface area contributed by atoms with Crippen molar-refractivity contribution in [1.82, 2.24) is 10.6 Å². The fourth-order valence-corrected chi connectivity index (χ4v) is 4.08. The van der Waals surface area contributed by atoms with Gasteiger partial charge in [0.05, 0.1) is 6.42 Å². The van der Waals surface area contributed by atoms with Gasteiger partial charge < -0.3 is 26.6 Å². The van der Waals surface area contributed by atoms with Gasteiger partial charge in [0, 0.05) is 12.8 Å². The fourth-order valence-electron chi connectivity index (χ4n) is 4.08. The molecule has 0 radical (unpaired) electrons. The fraction of sp³-hybridized carbons (Fsp3) is 0.233. The predicted octanol–water partition coefficient (Wildman–Crippen LogP) is 2.75. The molecule has 0 aliphatic rings. The minimum absolute atomic E-state index is 0.00716. The standard InChI is InChI=1S/C30H31N3O7/c31-29(39)24(15-17-27(35)36)33-30(40)25(18-28(37)38)32-26(34)16-8-19-6-9-21(10-7-19)23-13-11-22(12-14-23)20-4-2-1-3-5-20/h1-7,9-14,24-25H,8,15-18H2,(H2,31,39)(H,32,34)(H,33,40)(H,35,36)(H,37,38)/t24?,25-/m0/s1. The van der Waals surface area contributed by atoms with Crippen LogP contribution in [0.3, 0.4) is 0 Å². The Balaban J connectivity index is 1.56. The molecule has 6 N–H and O–H groups in total. The van der Waals surface area contributed by atoms with E-state index in [1.807, 2.05) is 54.6 Å². The second kappa shape index (κ2) is 14.2. The molecule has 3 rings (SSSR count). The van der Waals surface area contributed by atoms with Gasteiger partial charge in [-0.25, -0.2) is 0 Å². The molecule has 0 aromatic heterocycles. The van der Waals surface area contributed by atoms with Gasteiger partial charge >= 0.3 is 11.9 Å². The molecular weight excluding hydrogens is 514 g/mol. The summed E-state index contributed by atoms with van der Waals surface area (Å²) < 4.78 is 0. The Labute approximate surface area is 231 Å². The minimum atomic E-state index is -1.46. The van der Waals surface area contributed by atoms with E-state index in [1.54, 1.807) is 0 Å². The molecule has 3 amide bonds. The number of rotatable bonds is 14.